The molecule has 0 radical (unpaired) electrons. The topological polar surface area (TPSA) is 147 Å². The number of oxime groups is 1. The third-order valence-electron chi connectivity index (χ3n) is 3.91. The van der Waals surface area contributed by atoms with Crippen LogP contribution in [0.5, 0.6) is 0 Å². The highest BCUT2D eigenvalue weighted by molar-refractivity contribution is 14.1. The molecule has 1 aromatic heterocycles. The molecule has 3 heterocycles. The zero-order chi connectivity index (χ0) is 19.7. The number of rotatable bonds is 6. The van der Waals surface area contributed by atoms with Gasteiger partial charge in [-0.3, -0.25) is 14.5 Å². The normalized spacial score (nSPS) is 22.2. The van der Waals surface area contributed by atoms with E-state index in [9.17, 15) is 19.5 Å². The van der Waals surface area contributed by atoms with E-state index in [1.165, 1.54) is 29.3 Å². The van der Waals surface area contributed by atoms with Gasteiger partial charge in [-0.05, 0) is 5.57 Å². The maximum Gasteiger partial charge on any atom is 0.352 e. The van der Waals surface area contributed by atoms with E-state index in [1.54, 1.807) is 0 Å². The zero-order valence-corrected chi connectivity index (χ0v) is 17.6. The molecule has 4 N–H and O–H groups in total. The number of β-lactam (4-membered cyclic amide) rings is 1. The van der Waals surface area contributed by atoms with E-state index >= 15 is 0 Å². The standard InChI is InChI=1S/C14H14IN5O5S2/c1-25-19-7(6-10(16)27-4-17-6)11(21)18-8-12(22)20-9(14(23)24)5(2-15)3-26-13(8)20/h4,8,13H,2-3,16H2,1H3,(H,18,21)(H,23,24)/b19-7-/t8-,13+/m1/s1. The van der Waals surface area contributed by atoms with Gasteiger partial charge in [0.25, 0.3) is 11.8 Å². The van der Waals surface area contributed by atoms with Crippen molar-refractivity contribution in [3.05, 3.63) is 22.5 Å². The molecule has 1 saturated heterocycles. The van der Waals surface area contributed by atoms with Crippen LogP contribution in [-0.2, 0) is 19.2 Å². The predicted molar refractivity (Wildman–Crippen MR) is 109 cm³/mol. The molecule has 1 fully saturated rings. The van der Waals surface area contributed by atoms with Crippen LogP contribution in [0.4, 0.5) is 5.00 Å². The van der Waals surface area contributed by atoms with Crippen molar-refractivity contribution in [1.29, 1.82) is 0 Å². The Hall–Kier alpha value is -1.87. The number of nitrogen functional groups attached to an aromatic ring is 1. The summed E-state index contributed by atoms with van der Waals surface area (Å²) in [7, 11) is 1.28. The van der Waals surface area contributed by atoms with Crippen LogP contribution < -0.4 is 11.1 Å². The van der Waals surface area contributed by atoms with Crippen LogP contribution in [0, 0.1) is 0 Å². The molecular weight excluding hydrogens is 509 g/mol. The predicted octanol–water partition coefficient (Wildman–Crippen LogP) is 0.249. The molecule has 0 bridgehead atoms. The van der Waals surface area contributed by atoms with E-state index in [1.807, 2.05) is 0 Å². The fraction of sp³-hybridized carbons (Fsp3) is 0.357. The number of carbonyl (C=O) groups excluding carboxylic acids is 2. The number of hydrogen-bond acceptors (Lipinski definition) is 9. The SMILES string of the molecule is CO/N=C(\C(=O)N[C@@H]1C(=O)N2C(C(=O)O)=C(CI)CS[C@@H]12)c1ncsc1N. The summed E-state index contributed by atoms with van der Waals surface area (Å²) < 4.78 is 0.508. The molecule has 0 aromatic carbocycles. The molecule has 0 unspecified atom stereocenters. The van der Waals surface area contributed by atoms with E-state index < -0.39 is 29.2 Å². The Morgan fingerprint density at radius 2 is 2.33 bits per heavy atom. The second-order valence-corrected chi connectivity index (χ2v) is 8.19. The Morgan fingerprint density at radius 3 is 2.89 bits per heavy atom. The number of hydrogen-bond donors (Lipinski definition) is 3. The molecule has 2 aliphatic heterocycles. The molecule has 0 saturated carbocycles. The summed E-state index contributed by atoms with van der Waals surface area (Å²) in [5.41, 5.74) is 7.95. The molecule has 10 nitrogen and oxygen atoms in total. The first-order valence-electron chi connectivity index (χ1n) is 7.48. The van der Waals surface area contributed by atoms with Gasteiger partial charge in [0.05, 0.1) is 5.51 Å². The van der Waals surface area contributed by atoms with E-state index in [0.29, 0.717) is 15.8 Å². The number of amides is 2. The largest absolute Gasteiger partial charge is 0.477 e. The Kier molecular flexibility index (Phi) is 5.90. The second-order valence-electron chi connectivity index (χ2n) is 5.44. The van der Waals surface area contributed by atoms with Crippen molar-refractivity contribution < 1.29 is 24.3 Å². The summed E-state index contributed by atoms with van der Waals surface area (Å²) in [6, 6.07) is -0.866. The Labute approximate surface area is 175 Å². The number of thioether (sulfide) groups is 1. The number of aromatic nitrogens is 1. The number of nitrogens with zero attached hydrogens (tertiary/aromatic N) is 3. The molecule has 2 aliphatic rings. The third-order valence-corrected chi connectivity index (χ3v) is 6.83. The Balaban J connectivity index is 1.80. The first-order chi connectivity index (χ1) is 12.9. The van der Waals surface area contributed by atoms with Crippen LogP contribution in [0.1, 0.15) is 5.69 Å². The van der Waals surface area contributed by atoms with Crippen molar-refractivity contribution in [3.8, 4) is 0 Å². The molecule has 144 valence electrons. The van der Waals surface area contributed by atoms with Gasteiger partial charge in [0.15, 0.2) is 5.71 Å². The summed E-state index contributed by atoms with van der Waals surface area (Å²) in [5.74, 6) is -1.83. The van der Waals surface area contributed by atoms with Crippen LogP contribution in [0.3, 0.4) is 0 Å². The first kappa shape index (κ1) is 19.9. The van der Waals surface area contributed by atoms with Crippen LogP contribution in [0.15, 0.2) is 21.9 Å². The number of carboxylic acid groups (broad SMARTS) is 1. The number of carbonyl (C=O) groups is 3. The van der Waals surface area contributed by atoms with Crippen molar-refractivity contribution in [3.63, 3.8) is 0 Å². The summed E-state index contributed by atoms with van der Waals surface area (Å²) in [4.78, 5) is 46.6. The molecule has 0 spiro atoms. The first-order valence-corrected chi connectivity index (χ1v) is 10.9. The molecule has 3 rings (SSSR count). The third kappa shape index (κ3) is 3.50. The van der Waals surface area contributed by atoms with Crippen molar-refractivity contribution in [2.45, 2.75) is 11.4 Å². The van der Waals surface area contributed by atoms with Crippen LogP contribution >= 0.6 is 45.7 Å². The maximum absolute atomic E-state index is 12.6. The lowest BCUT2D eigenvalue weighted by molar-refractivity contribution is -0.150. The molecule has 2 amide bonds. The Morgan fingerprint density at radius 1 is 1.59 bits per heavy atom. The second kappa shape index (κ2) is 8.02. The lowest BCUT2D eigenvalue weighted by Crippen LogP contribution is -2.71. The van der Waals surface area contributed by atoms with Gasteiger partial charge in [0, 0.05) is 10.2 Å². The minimum atomic E-state index is -1.15. The number of thiazole rings is 1. The lowest BCUT2D eigenvalue weighted by atomic mass is 10.0. The number of carboxylic acids is 1. The molecule has 13 heteroatoms. The van der Waals surface area contributed by atoms with Crippen LogP contribution in [0.25, 0.3) is 0 Å². The number of aliphatic carboxylic acids is 1. The fourth-order valence-electron chi connectivity index (χ4n) is 2.71. The van der Waals surface area contributed by atoms with Crippen molar-refractivity contribution in [2.75, 3.05) is 23.0 Å². The van der Waals surface area contributed by atoms with E-state index in [4.69, 9.17) is 10.6 Å². The minimum Gasteiger partial charge on any atom is -0.477 e. The monoisotopic (exact) mass is 523 g/mol. The van der Waals surface area contributed by atoms with Crippen LogP contribution in [0.2, 0.25) is 0 Å². The average molecular weight is 523 g/mol. The van der Waals surface area contributed by atoms with E-state index in [-0.39, 0.29) is 22.1 Å². The lowest BCUT2D eigenvalue weighted by Gasteiger charge is -2.49. The number of nitrogens with two attached hydrogens (primary N) is 1. The minimum absolute atomic E-state index is 0.00169. The number of anilines is 1. The number of halogens is 1. The van der Waals surface area contributed by atoms with E-state index in [2.05, 4.69) is 38.0 Å². The fourth-order valence-corrected chi connectivity index (χ4v) is 5.59. The molecule has 2 atom stereocenters. The van der Waals surface area contributed by atoms with Crippen molar-refractivity contribution in [2.24, 2.45) is 5.16 Å². The quantitative estimate of drug-likeness (QED) is 0.158. The summed E-state index contributed by atoms with van der Waals surface area (Å²) in [6.07, 6.45) is 0. The van der Waals surface area contributed by atoms with Gasteiger partial charge < -0.3 is 21.0 Å². The summed E-state index contributed by atoms with van der Waals surface area (Å²) in [6.45, 7) is 0. The van der Waals surface area contributed by atoms with Gasteiger partial charge in [0.1, 0.15) is 34.9 Å². The number of fused-ring (bicyclic) bond motifs is 1. The van der Waals surface area contributed by atoms with Gasteiger partial charge in [-0.2, -0.15) is 0 Å². The number of nitrogens with one attached hydrogen (secondary N) is 1. The van der Waals surface area contributed by atoms with Crippen molar-refractivity contribution in [1.82, 2.24) is 15.2 Å². The molecule has 27 heavy (non-hydrogen) atoms. The van der Waals surface area contributed by atoms with E-state index in [0.717, 1.165) is 11.3 Å². The highest BCUT2D eigenvalue weighted by Gasteiger charge is 2.54. The molecule has 1 aromatic rings. The highest BCUT2D eigenvalue weighted by Crippen LogP contribution is 2.40. The van der Waals surface area contributed by atoms with Crippen molar-refractivity contribution >= 4 is 74.2 Å². The smallest absolute Gasteiger partial charge is 0.352 e. The zero-order valence-electron chi connectivity index (χ0n) is 13.8. The average Bonchev–Trinajstić information content (AvgIpc) is 3.07. The summed E-state index contributed by atoms with van der Waals surface area (Å²) >= 11 is 4.61. The summed E-state index contributed by atoms with van der Waals surface area (Å²) in [5, 5.41) is 15.5. The molecule has 0 aliphatic carbocycles. The van der Waals surface area contributed by atoms with Gasteiger partial charge >= 0.3 is 5.97 Å². The number of alkyl halides is 1. The van der Waals surface area contributed by atoms with Gasteiger partial charge in [0.2, 0.25) is 0 Å². The van der Waals surface area contributed by atoms with Gasteiger partial charge in [-0.1, -0.05) is 27.7 Å². The molecular formula is C14H14IN5O5S2. The van der Waals surface area contributed by atoms with Crippen LogP contribution in [-0.4, -0.2) is 67.2 Å². The maximum atomic E-state index is 12.6. The van der Waals surface area contributed by atoms with Gasteiger partial charge in [-0.25, -0.2) is 9.78 Å². The Bertz CT molecular complexity index is 870. The highest BCUT2D eigenvalue weighted by atomic mass is 127. The van der Waals surface area contributed by atoms with Gasteiger partial charge in [-0.15, -0.1) is 23.1 Å².